The minimum absolute atomic E-state index is 0.206. The molecule has 3 rings (SSSR count). The van der Waals surface area contributed by atoms with Crippen molar-refractivity contribution in [2.24, 2.45) is 0 Å². The van der Waals surface area contributed by atoms with E-state index in [-0.39, 0.29) is 5.69 Å². The van der Waals surface area contributed by atoms with Gasteiger partial charge >= 0.3 is 5.69 Å². The fourth-order valence-corrected chi connectivity index (χ4v) is 2.56. The molecule has 0 aliphatic rings. The molecule has 5 nitrogen and oxygen atoms in total. The molecule has 1 aromatic carbocycles. The van der Waals surface area contributed by atoms with Crippen LogP contribution in [0.25, 0.3) is 11.0 Å². The smallest absolute Gasteiger partial charge is 0.323 e. The summed E-state index contributed by atoms with van der Waals surface area (Å²) in [7, 11) is 0. The highest BCUT2D eigenvalue weighted by molar-refractivity contribution is 9.10. The zero-order valence-corrected chi connectivity index (χ0v) is 12.5. The molecule has 0 unspecified atom stereocenters. The Hall–Kier alpha value is -1.95. The lowest BCUT2D eigenvalue weighted by Crippen LogP contribution is -1.99. The van der Waals surface area contributed by atoms with Crippen LogP contribution in [-0.4, -0.2) is 9.97 Å². The number of halogens is 1. The molecule has 0 radical (unpaired) electrons. The predicted octanol–water partition coefficient (Wildman–Crippen LogP) is 3.39. The summed E-state index contributed by atoms with van der Waals surface area (Å²) in [4.78, 5) is 16.7. The van der Waals surface area contributed by atoms with E-state index in [1.54, 1.807) is 0 Å². The average Bonchev–Trinajstić information content (AvgIpc) is 3.01. The van der Waals surface area contributed by atoms with Crippen molar-refractivity contribution in [1.29, 1.82) is 0 Å². The highest BCUT2D eigenvalue weighted by Gasteiger charge is 2.06. The fourth-order valence-electron chi connectivity index (χ4n) is 2.08. The first-order chi connectivity index (χ1) is 9.65. The molecule has 20 heavy (non-hydrogen) atoms. The van der Waals surface area contributed by atoms with Crippen molar-refractivity contribution in [3.63, 3.8) is 0 Å². The number of benzene rings is 1. The number of furan rings is 1. The molecule has 2 heterocycles. The second-order valence-corrected chi connectivity index (χ2v) is 5.39. The van der Waals surface area contributed by atoms with Gasteiger partial charge in [-0.3, -0.25) is 0 Å². The lowest BCUT2D eigenvalue weighted by Gasteiger charge is -2.07. The van der Waals surface area contributed by atoms with Gasteiger partial charge in [0.1, 0.15) is 11.5 Å². The van der Waals surface area contributed by atoms with Crippen LogP contribution in [0.4, 0.5) is 5.69 Å². The Bertz CT molecular complexity index is 800. The Kier molecular flexibility index (Phi) is 3.40. The van der Waals surface area contributed by atoms with Gasteiger partial charge in [0.2, 0.25) is 0 Å². The highest BCUT2D eigenvalue weighted by Crippen LogP contribution is 2.27. The molecule has 3 aromatic rings. The van der Waals surface area contributed by atoms with Crippen LogP contribution in [0.5, 0.6) is 0 Å². The molecule has 2 aromatic heterocycles. The molecule has 0 bridgehead atoms. The molecule has 0 fully saturated rings. The number of aromatic nitrogens is 2. The van der Waals surface area contributed by atoms with Crippen molar-refractivity contribution in [1.82, 2.24) is 9.97 Å². The molecule has 0 saturated carbocycles. The first kappa shape index (κ1) is 13.1. The van der Waals surface area contributed by atoms with Crippen molar-refractivity contribution in [3.05, 3.63) is 50.7 Å². The van der Waals surface area contributed by atoms with Gasteiger partial charge in [-0.05, 0) is 40.2 Å². The minimum Gasteiger partial charge on any atom is -0.464 e. The van der Waals surface area contributed by atoms with E-state index in [0.717, 1.165) is 39.1 Å². The van der Waals surface area contributed by atoms with Gasteiger partial charge < -0.3 is 19.7 Å². The van der Waals surface area contributed by atoms with Gasteiger partial charge in [0.15, 0.2) is 0 Å². The number of hydrogen-bond acceptors (Lipinski definition) is 3. The van der Waals surface area contributed by atoms with Gasteiger partial charge in [-0.1, -0.05) is 6.92 Å². The third-order valence-electron chi connectivity index (χ3n) is 3.12. The molecule has 0 aliphatic carbocycles. The molecule has 0 aliphatic heterocycles. The average molecular weight is 336 g/mol. The zero-order chi connectivity index (χ0) is 14.1. The first-order valence-corrected chi connectivity index (χ1v) is 7.18. The number of aromatic amines is 2. The van der Waals surface area contributed by atoms with Crippen LogP contribution in [0.3, 0.4) is 0 Å². The van der Waals surface area contributed by atoms with E-state index in [1.807, 2.05) is 24.3 Å². The van der Waals surface area contributed by atoms with Crippen molar-refractivity contribution in [2.75, 3.05) is 5.32 Å². The Labute approximate surface area is 123 Å². The van der Waals surface area contributed by atoms with Gasteiger partial charge in [-0.25, -0.2) is 4.79 Å². The maximum atomic E-state index is 11.3. The molecule has 0 saturated heterocycles. The summed E-state index contributed by atoms with van der Waals surface area (Å²) in [5.74, 6) is 1.86. The number of rotatable bonds is 4. The molecule has 104 valence electrons. The molecule has 0 spiro atoms. The normalized spacial score (nSPS) is 11.1. The van der Waals surface area contributed by atoms with E-state index in [4.69, 9.17) is 4.42 Å². The van der Waals surface area contributed by atoms with Crippen LogP contribution in [-0.2, 0) is 13.0 Å². The Morgan fingerprint density at radius 3 is 2.60 bits per heavy atom. The molecule has 3 N–H and O–H groups in total. The summed E-state index contributed by atoms with van der Waals surface area (Å²) in [5, 5.41) is 3.29. The maximum absolute atomic E-state index is 11.3. The Balaban J connectivity index is 1.82. The number of nitrogens with one attached hydrogen (secondary N) is 3. The number of hydrogen-bond donors (Lipinski definition) is 3. The third kappa shape index (κ3) is 2.51. The van der Waals surface area contributed by atoms with Gasteiger partial charge in [-0.2, -0.15) is 0 Å². The van der Waals surface area contributed by atoms with E-state index in [1.165, 1.54) is 0 Å². The molecular formula is C14H14BrN3O2. The van der Waals surface area contributed by atoms with Crippen LogP contribution in [0.2, 0.25) is 0 Å². The number of H-pyrrole nitrogens is 2. The summed E-state index contributed by atoms with van der Waals surface area (Å²) >= 11 is 3.49. The lowest BCUT2D eigenvalue weighted by molar-refractivity contribution is 0.476. The van der Waals surface area contributed by atoms with E-state index in [2.05, 4.69) is 38.1 Å². The fraction of sp³-hybridized carbons (Fsp3) is 0.214. The Morgan fingerprint density at radius 2 is 1.90 bits per heavy atom. The first-order valence-electron chi connectivity index (χ1n) is 6.38. The van der Waals surface area contributed by atoms with Crippen molar-refractivity contribution >= 4 is 32.7 Å². The van der Waals surface area contributed by atoms with Crippen LogP contribution < -0.4 is 11.0 Å². The zero-order valence-electron chi connectivity index (χ0n) is 10.9. The number of fused-ring (bicyclic) bond motifs is 1. The van der Waals surface area contributed by atoms with Gasteiger partial charge in [0, 0.05) is 10.9 Å². The summed E-state index contributed by atoms with van der Waals surface area (Å²) in [6.07, 6.45) is 0.889. The largest absolute Gasteiger partial charge is 0.464 e. The summed E-state index contributed by atoms with van der Waals surface area (Å²) in [6, 6.07) is 7.71. The van der Waals surface area contributed by atoms with Crippen molar-refractivity contribution in [2.45, 2.75) is 19.9 Å². The molecule has 6 heteroatoms. The van der Waals surface area contributed by atoms with Gasteiger partial charge in [0.05, 0.1) is 23.3 Å². The van der Waals surface area contributed by atoms with E-state index in [0.29, 0.717) is 6.54 Å². The topological polar surface area (TPSA) is 73.8 Å². The number of anilines is 1. The minimum atomic E-state index is -0.206. The number of aryl methyl sites for hydroxylation is 1. The monoisotopic (exact) mass is 335 g/mol. The predicted molar refractivity (Wildman–Crippen MR) is 82.0 cm³/mol. The van der Waals surface area contributed by atoms with Crippen molar-refractivity contribution in [3.8, 4) is 0 Å². The third-order valence-corrected chi connectivity index (χ3v) is 3.78. The summed E-state index contributed by atoms with van der Waals surface area (Å²) in [6.45, 7) is 2.65. The molecular weight excluding hydrogens is 322 g/mol. The lowest BCUT2D eigenvalue weighted by atomic mass is 10.2. The second kappa shape index (κ2) is 5.20. The van der Waals surface area contributed by atoms with E-state index >= 15 is 0 Å². The van der Waals surface area contributed by atoms with Crippen LogP contribution in [0, 0.1) is 0 Å². The second-order valence-electron chi connectivity index (χ2n) is 4.53. The number of imidazole rings is 1. The summed E-state index contributed by atoms with van der Waals surface area (Å²) in [5.41, 5.74) is 2.25. The van der Waals surface area contributed by atoms with Gasteiger partial charge in [-0.15, -0.1) is 0 Å². The standard InChI is InChI=1S/C14H14BrN3O2/c1-2-8-3-4-9(20-8)7-16-11-6-13-12(5-10(11)15)17-14(19)18-13/h3-6,16H,2,7H2,1H3,(H2,17,18,19). The van der Waals surface area contributed by atoms with Crippen LogP contribution in [0.15, 0.2) is 37.9 Å². The van der Waals surface area contributed by atoms with Crippen LogP contribution in [0.1, 0.15) is 18.4 Å². The maximum Gasteiger partial charge on any atom is 0.323 e. The quantitative estimate of drug-likeness (QED) is 0.684. The SMILES string of the molecule is CCc1ccc(CNc2cc3[nH]c(=O)[nH]c3cc2Br)o1. The van der Waals surface area contributed by atoms with E-state index < -0.39 is 0 Å². The Morgan fingerprint density at radius 1 is 1.20 bits per heavy atom. The van der Waals surface area contributed by atoms with Gasteiger partial charge in [0.25, 0.3) is 0 Å². The molecule has 0 atom stereocenters. The van der Waals surface area contributed by atoms with E-state index in [9.17, 15) is 4.79 Å². The van der Waals surface area contributed by atoms with Crippen LogP contribution >= 0.6 is 15.9 Å². The summed E-state index contributed by atoms with van der Waals surface area (Å²) < 4.78 is 6.54. The van der Waals surface area contributed by atoms with Crippen molar-refractivity contribution < 1.29 is 4.42 Å². The molecule has 0 amide bonds. The highest BCUT2D eigenvalue weighted by atomic mass is 79.9.